The predicted octanol–water partition coefficient (Wildman–Crippen LogP) is 3.17. The van der Waals surface area contributed by atoms with Crippen LogP contribution in [-0.4, -0.2) is 23.1 Å². The lowest BCUT2D eigenvalue weighted by Gasteiger charge is -2.14. The van der Waals surface area contributed by atoms with Gasteiger partial charge in [0.25, 0.3) is 0 Å². The summed E-state index contributed by atoms with van der Waals surface area (Å²) in [5, 5.41) is 3.32. The molecule has 0 saturated carbocycles. The van der Waals surface area contributed by atoms with Crippen molar-refractivity contribution in [1.29, 1.82) is 0 Å². The van der Waals surface area contributed by atoms with Crippen LogP contribution >= 0.6 is 0 Å². The maximum absolute atomic E-state index is 13.0. The molecular formula is C16H21FN4. The number of nitrogens with zero attached hydrogens (tertiary/aromatic N) is 2. The van der Waals surface area contributed by atoms with Gasteiger partial charge < -0.3 is 11.1 Å². The van der Waals surface area contributed by atoms with Gasteiger partial charge >= 0.3 is 0 Å². The Kier molecular flexibility index (Phi) is 5.22. The summed E-state index contributed by atoms with van der Waals surface area (Å²) in [5.74, 6) is 0.624. The number of rotatable bonds is 6. The summed E-state index contributed by atoms with van der Waals surface area (Å²) in [6, 6.07) is 6.22. The van der Waals surface area contributed by atoms with Gasteiger partial charge in [0.15, 0.2) is 5.82 Å². The molecule has 0 atom stereocenters. The van der Waals surface area contributed by atoms with Crippen LogP contribution in [0, 0.1) is 5.82 Å². The van der Waals surface area contributed by atoms with Gasteiger partial charge in [-0.2, -0.15) is 0 Å². The molecule has 0 radical (unpaired) electrons. The quantitative estimate of drug-likeness (QED) is 0.801. The summed E-state index contributed by atoms with van der Waals surface area (Å²) in [7, 11) is 0. The van der Waals surface area contributed by atoms with Gasteiger partial charge in [-0.05, 0) is 43.1 Å². The zero-order valence-corrected chi connectivity index (χ0v) is 12.4. The normalized spacial score (nSPS) is 10.9. The van der Waals surface area contributed by atoms with E-state index in [4.69, 9.17) is 5.73 Å². The highest BCUT2D eigenvalue weighted by molar-refractivity contribution is 5.58. The third-order valence-electron chi connectivity index (χ3n) is 3.16. The second kappa shape index (κ2) is 7.13. The minimum absolute atomic E-state index is 0.261. The van der Waals surface area contributed by atoms with Crippen molar-refractivity contribution in [3.63, 3.8) is 0 Å². The van der Waals surface area contributed by atoms with E-state index in [0.717, 1.165) is 29.9 Å². The van der Waals surface area contributed by atoms with Gasteiger partial charge in [0.1, 0.15) is 5.82 Å². The first-order chi connectivity index (χ1) is 10.1. The van der Waals surface area contributed by atoms with E-state index < -0.39 is 0 Å². The van der Waals surface area contributed by atoms with Gasteiger partial charge in [-0.3, -0.25) is 0 Å². The minimum Gasteiger partial charge on any atom is -0.382 e. The second-order valence-electron chi connectivity index (χ2n) is 5.22. The SMILES string of the molecule is CC(C)c1nc(-c2ccc(F)cc2)ncc1NCCCN. The molecule has 0 saturated heterocycles. The van der Waals surface area contributed by atoms with Crippen LogP contribution in [0.5, 0.6) is 0 Å². The Morgan fingerprint density at radius 3 is 2.57 bits per heavy atom. The number of nitrogens with one attached hydrogen (secondary N) is 1. The summed E-state index contributed by atoms with van der Waals surface area (Å²) in [5.41, 5.74) is 8.21. The van der Waals surface area contributed by atoms with Gasteiger partial charge in [0.05, 0.1) is 17.6 Å². The lowest BCUT2D eigenvalue weighted by molar-refractivity contribution is 0.628. The average Bonchev–Trinajstić information content (AvgIpc) is 2.48. The van der Waals surface area contributed by atoms with E-state index in [0.29, 0.717) is 12.4 Å². The summed E-state index contributed by atoms with van der Waals surface area (Å²) >= 11 is 0. The maximum atomic E-state index is 13.0. The molecule has 21 heavy (non-hydrogen) atoms. The molecule has 0 aliphatic rings. The second-order valence-corrected chi connectivity index (χ2v) is 5.22. The minimum atomic E-state index is -0.261. The Bertz CT molecular complexity index is 581. The third-order valence-corrected chi connectivity index (χ3v) is 3.16. The first-order valence-corrected chi connectivity index (χ1v) is 7.18. The van der Waals surface area contributed by atoms with Crippen LogP contribution in [-0.2, 0) is 0 Å². The van der Waals surface area contributed by atoms with Crippen LogP contribution in [0.1, 0.15) is 31.9 Å². The molecule has 0 amide bonds. The number of aromatic nitrogens is 2. The number of hydrogen-bond donors (Lipinski definition) is 2. The lowest BCUT2D eigenvalue weighted by Crippen LogP contribution is -2.11. The zero-order chi connectivity index (χ0) is 15.2. The molecule has 2 aromatic rings. The molecule has 0 unspecified atom stereocenters. The molecule has 0 aliphatic carbocycles. The highest BCUT2D eigenvalue weighted by Gasteiger charge is 2.11. The van der Waals surface area contributed by atoms with Crippen molar-refractivity contribution in [2.24, 2.45) is 5.73 Å². The monoisotopic (exact) mass is 288 g/mol. The van der Waals surface area contributed by atoms with Crippen LogP contribution in [0.4, 0.5) is 10.1 Å². The molecule has 0 spiro atoms. The predicted molar refractivity (Wildman–Crippen MR) is 83.7 cm³/mol. The van der Waals surface area contributed by atoms with Crippen LogP contribution < -0.4 is 11.1 Å². The zero-order valence-electron chi connectivity index (χ0n) is 12.4. The Balaban J connectivity index is 2.29. The third kappa shape index (κ3) is 3.98. The Morgan fingerprint density at radius 1 is 1.24 bits per heavy atom. The van der Waals surface area contributed by atoms with Gasteiger partial charge in [-0.1, -0.05) is 13.8 Å². The van der Waals surface area contributed by atoms with Crippen molar-refractivity contribution in [3.8, 4) is 11.4 Å². The van der Waals surface area contributed by atoms with E-state index in [1.807, 2.05) is 0 Å². The van der Waals surface area contributed by atoms with Gasteiger partial charge in [0, 0.05) is 12.1 Å². The molecule has 4 nitrogen and oxygen atoms in total. The fraction of sp³-hybridized carbons (Fsp3) is 0.375. The molecule has 3 N–H and O–H groups in total. The fourth-order valence-electron chi connectivity index (χ4n) is 2.03. The summed E-state index contributed by atoms with van der Waals surface area (Å²) in [6.07, 6.45) is 2.69. The molecule has 0 fully saturated rings. The first-order valence-electron chi connectivity index (χ1n) is 7.18. The van der Waals surface area contributed by atoms with E-state index in [-0.39, 0.29) is 11.7 Å². The van der Waals surface area contributed by atoms with Gasteiger partial charge in [-0.25, -0.2) is 14.4 Å². The van der Waals surface area contributed by atoms with E-state index in [1.165, 1.54) is 12.1 Å². The van der Waals surface area contributed by atoms with Crippen LogP contribution in [0.2, 0.25) is 0 Å². The number of nitrogens with two attached hydrogens (primary N) is 1. The molecule has 1 aromatic heterocycles. The Morgan fingerprint density at radius 2 is 1.95 bits per heavy atom. The van der Waals surface area contributed by atoms with Crippen molar-refractivity contribution >= 4 is 5.69 Å². The highest BCUT2D eigenvalue weighted by atomic mass is 19.1. The van der Waals surface area contributed by atoms with Crippen LogP contribution in [0.3, 0.4) is 0 Å². The lowest BCUT2D eigenvalue weighted by atomic mass is 10.1. The van der Waals surface area contributed by atoms with E-state index in [9.17, 15) is 4.39 Å². The number of hydrogen-bond acceptors (Lipinski definition) is 4. The fourth-order valence-corrected chi connectivity index (χ4v) is 2.03. The molecule has 2 rings (SSSR count). The van der Waals surface area contributed by atoms with E-state index in [2.05, 4.69) is 29.1 Å². The number of halogens is 1. The van der Waals surface area contributed by atoms with E-state index >= 15 is 0 Å². The molecule has 1 heterocycles. The Labute approximate surface area is 124 Å². The highest BCUT2D eigenvalue weighted by Crippen LogP contribution is 2.24. The molecular weight excluding hydrogens is 267 g/mol. The number of anilines is 1. The summed E-state index contributed by atoms with van der Waals surface area (Å²) in [4.78, 5) is 9.00. The molecule has 5 heteroatoms. The largest absolute Gasteiger partial charge is 0.382 e. The van der Waals surface area contributed by atoms with Crippen LogP contribution in [0.25, 0.3) is 11.4 Å². The smallest absolute Gasteiger partial charge is 0.159 e. The van der Waals surface area contributed by atoms with Crippen molar-refractivity contribution < 1.29 is 4.39 Å². The van der Waals surface area contributed by atoms with Crippen molar-refractivity contribution in [3.05, 3.63) is 42.0 Å². The first kappa shape index (κ1) is 15.4. The molecule has 0 bridgehead atoms. The molecule has 1 aromatic carbocycles. The average molecular weight is 288 g/mol. The van der Waals surface area contributed by atoms with Gasteiger partial charge in [-0.15, -0.1) is 0 Å². The summed E-state index contributed by atoms with van der Waals surface area (Å²) in [6.45, 7) is 5.63. The van der Waals surface area contributed by atoms with Crippen molar-refractivity contribution in [2.75, 3.05) is 18.4 Å². The van der Waals surface area contributed by atoms with Crippen molar-refractivity contribution in [1.82, 2.24) is 9.97 Å². The topological polar surface area (TPSA) is 63.8 Å². The van der Waals surface area contributed by atoms with E-state index in [1.54, 1.807) is 18.3 Å². The Hall–Kier alpha value is -2.01. The summed E-state index contributed by atoms with van der Waals surface area (Å²) < 4.78 is 13.0. The van der Waals surface area contributed by atoms with Crippen molar-refractivity contribution in [2.45, 2.75) is 26.2 Å². The van der Waals surface area contributed by atoms with Crippen LogP contribution in [0.15, 0.2) is 30.5 Å². The number of benzene rings is 1. The maximum Gasteiger partial charge on any atom is 0.159 e. The van der Waals surface area contributed by atoms with Gasteiger partial charge in [0.2, 0.25) is 0 Å². The molecule has 0 aliphatic heterocycles. The molecule has 112 valence electrons. The standard InChI is InChI=1S/C16H21FN4/c1-11(2)15-14(19-9-3-8-18)10-20-16(21-15)12-4-6-13(17)7-5-12/h4-7,10-11,19H,3,8-9,18H2,1-2H3.